The lowest BCUT2D eigenvalue weighted by atomic mass is 10.0. The van der Waals surface area contributed by atoms with E-state index in [4.69, 9.17) is 4.74 Å². The van der Waals surface area contributed by atoms with Crippen LogP contribution in [0.15, 0.2) is 47.3 Å². The van der Waals surface area contributed by atoms with Gasteiger partial charge in [-0.1, -0.05) is 0 Å². The summed E-state index contributed by atoms with van der Waals surface area (Å²) >= 11 is 3.52. The van der Waals surface area contributed by atoms with E-state index in [0.717, 1.165) is 49.4 Å². The number of piperidine rings is 1. The third-order valence-electron chi connectivity index (χ3n) is 8.55. The molecule has 0 amide bonds. The smallest absolute Gasteiger partial charge is 0.229 e. The van der Waals surface area contributed by atoms with E-state index in [-0.39, 0.29) is 5.69 Å². The highest BCUT2D eigenvalue weighted by atomic mass is 79.9. The first-order chi connectivity index (χ1) is 22.1. The number of aryl methyl sites for hydroxylation is 1. The summed E-state index contributed by atoms with van der Waals surface area (Å²) in [6.07, 6.45) is 8.27. The Kier molecular flexibility index (Phi) is 9.45. The van der Waals surface area contributed by atoms with Crippen molar-refractivity contribution in [3.63, 3.8) is 0 Å². The Morgan fingerprint density at radius 3 is 2.41 bits per heavy atom. The van der Waals surface area contributed by atoms with Crippen LogP contribution < -0.4 is 25.0 Å². The lowest BCUT2D eigenvalue weighted by Gasteiger charge is -2.43. The molecule has 0 aliphatic carbocycles. The second-order valence-corrected chi connectivity index (χ2v) is 14.4. The van der Waals surface area contributed by atoms with E-state index >= 15 is 0 Å². The normalized spacial score (nSPS) is 16.8. The van der Waals surface area contributed by atoms with Gasteiger partial charge in [0.25, 0.3) is 0 Å². The Labute approximate surface area is 278 Å². The molecule has 4 heterocycles. The maximum absolute atomic E-state index is 12.2. The first kappa shape index (κ1) is 32.2. The van der Waals surface area contributed by atoms with Crippen molar-refractivity contribution in [1.82, 2.24) is 29.7 Å². The average Bonchev–Trinajstić information content (AvgIpc) is 3.04. The van der Waals surface area contributed by atoms with Crippen molar-refractivity contribution in [2.24, 2.45) is 0 Å². The minimum atomic E-state index is -3.61. The molecule has 0 radical (unpaired) electrons. The molecular weight excluding hydrogens is 672 g/mol. The zero-order chi connectivity index (χ0) is 32.4. The van der Waals surface area contributed by atoms with Gasteiger partial charge in [0.05, 0.1) is 40.4 Å². The molecule has 6 rings (SSSR count). The van der Waals surface area contributed by atoms with Crippen LogP contribution in [-0.4, -0.2) is 104 Å². The van der Waals surface area contributed by atoms with E-state index in [0.29, 0.717) is 44.8 Å². The molecule has 0 saturated carbocycles. The summed E-state index contributed by atoms with van der Waals surface area (Å²) in [7, 11) is 0.256. The lowest BCUT2D eigenvalue weighted by molar-refractivity contribution is 0.115. The van der Waals surface area contributed by atoms with Crippen LogP contribution in [0.1, 0.15) is 18.4 Å². The third kappa shape index (κ3) is 7.27. The maximum Gasteiger partial charge on any atom is 0.229 e. The van der Waals surface area contributed by atoms with E-state index < -0.39 is 10.0 Å². The van der Waals surface area contributed by atoms with E-state index in [9.17, 15) is 8.42 Å². The first-order valence-corrected chi connectivity index (χ1v) is 17.9. The molecule has 0 spiro atoms. The van der Waals surface area contributed by atoms with Gasteiger partial charge < -0.3 is 25.2 Å². The summed E-state index contributed by atoms with van der Waals surface area (Å²) in [6, 6.07) is 8.32. The summed E-state index contributed by atoms with van der Waals surface area (Å²) < 4.78 is 33.4. The van der Waals surface area contributed by atoms with Crippen molar-refractivity contribution in [3.05, 3.63) is 52.9 Å². The fourth-order valence-electron chi connectivity index (χ4n) is 6.17. The molecule has 3 N–H and O–H groups in total. The molecule has 0 unspecified atom stereocenters. The summed E-state index contributed by atoms with van der Waals surface area (Å²) in [4.78, 5) is 25.3. The largest absolute Gasteiger partial charge is 0.494 e. The van der Waals surface area contributed by atoms with Crippen molar-refractivity contribution in [2.45, 2.75) is 25.8 Å². The number of fused-ring (bicyclic) bond motifs is 1. The zero-order valence-corrected chi connectivity index (χ0v) is 28.8. The second kappa shape index (κ2) is 13.5. The summed E-state index contributed by atoms with van der Waals surface area (Å²) in [5.74, 6) is 1.44. The van der Waals surface area contributed by atoms with Gasteiger partial charge in [-0.2, -0.15) is 4.98 Å². The van der Waals surface area contributed by atoms with Gasteiger partial charge in [-0.15, -0.1) is 0 Å². The van der Waals surface area contributed by atoms with Gasteiger partial charge >= 0.3 is 0 Å². The predicted octanol–water partition coefficient (Wildman–Crippen LogP) is 4.57. The van der Waals surface area contributed by atoms with E-state index in [1.807, 2.05) is 0 Å². The Morgan fingerprint density at radius 1 is 0.957 bits per heavy atom. The van der Waals surface area contributed by atoms with Crippen LogP contribution in [0.5, 0.6) is 5.75 Å². The number of anilines is 6. The van der Waals surface area contributed by atoms with Crippen LogP contribution in [0.25, 0.3) is 11.0 Å². The lowest BCUT2D eigenvalue weighted by Crippen LogP contribution is -2.53. The van der Waals surface area contributed by atoms with Gasteiger partial charge in [-0.3, -0.25) is 19.6 Å². The highest BCUT2D eigenvalue weighted by Crippen LogP contribution is 2.37. The summed E-state index contributed by atoms with van der Waals surface area (Å²) in [6.45, 7) is 8.53. The maximum atomic E-state index is 12.2. The topological polar surface area (TPSA) is 141 Å². The quantitative estimate of drug-likeness (QED) is 0.224. The molecule has 0 bridgehead atoms. The fourth-order valence-corrected chi connectivity index (χ4v) is 7.03. The number of hydrogen-bond donors (Lipinski definition) is 3. The molecule has 2 fully saturated rings. The number of nitrogens with zero attached hydrogens (tertiary/aromatic N) is 7. The number of sulfonamides is 1. The zero-order valence-electron chi connectivity index (χ0n) is 26.4. The Balaban J connectivity index is 1.20. The average molecular weight is 712 g/mol. The van der Waals surface area contributed by atoms with Gasteiger partial charge in [0, 0.05) is 62.6 Å². The monoisotopic (exact) mass is 710 g/mol. The summed E-state index contributed by atoms with van der Waals surface area (Å²) in [5, 5.41) is 6.54. The van der Waals surface area contributed by atoms with E-state index in [1.54, 1.807) is 31.6 Å². The molecule has 2 saturated heterocycles. The minimum absolute atomic E-state index is 0.271. The number of rotatable bonds is 9. The highest BCUT2D eigenvalue weighted by molar-refractivity contribution is 9.10. The van der Waals surface area contributed by atoms with Gasteiger partial charge in [0.2, 0.25) is 16.0 Å². The minimum Gasteiger partial charge on any atom is -0.494 e. The van der Waals surface area contributed by atoms with Crippen molar-refractivity contribution in [2.75, 3.05) is 79.9 Å². The molecule has 46 heavy (non-hydrogen) atoms. The number of aromatic nitrogens is 4. The van der Waals surface area contributed by atoms with Crippen LogP contribution >= 0.6 is 15.9 Å². The molecule has 2 aliphatic heterocycles. The predicted molar refractivity (Wildman–Crippen MR) is 186 cm³/mol. The van der Waals surface area contributed by atoms with Crippen LogP contribution in [-0.2, 0) is 10.0 Å². The number of benzene rings is 2. The third-order valence-corrected chi connectivity index (χ3v) is 9.70. The Morgan fingerprint density at radius 2 is 1.70 bits per heavy atom. The Hall–Kier alpha value is -3.79. The van der Waals surface area contributed by atoms with E-state index in [2.05, 4.69) is 92.0 Å². The molecule has 2 aliphatic rings. The number of halogens is 1. The number of piperazine rings is 1. The number of ether oxygens (including phenoxy) is 1. The van der Waals surface area contributed by atoms with Crippen LogP contribution in [0.3, 0.4) is 0 Å². The molecule has 15 heteroatoms. The van der Waals surface area contributed by atoms with Crippen LogP contribution in [0, 0.1) is 6.92 Å². The fraction of sp³-hybridized carbons (Fsp3) is 0.419. The Bertz CT molecular complexity index is 1830. The van der Waals surface area contributed by atoms with Crippen molar-refractivity contribution >= 4 is 71.5 Å². The van der Waals surface area contributed by atoms with Gasteiger partial charge in [0.1, 0.15) is 17.1 Å². The molecule has 2 aromatic heterocycles. The number of likely N-dealkylation sites (tertiary alicyclic amines) is 1. The van der Waals surface area contributed by atoms with Gasteiger partial charge in [-0.25, -0.2) is 13.4 Å². The van der Waals surface area contributed by atoms with Gasteiger partial charge in [-0.05, 0) is 79.6 Å². The number of methoxy groups -OCH3 is 1. The molecule has 244 valence electrons. The van der Waals surface area contributed by atoms with Crippen molar-refractivity contribution in [3.8, 4) is 5.75 Å². The van der Waals surface area contributed by atoms with E-state index in [1.165, 1.54) is 32.1 Å². The molecule has 13 nitrogen and oxygen atoms in total. The SMILES string of the molecule is COc1cc(N2CCN(C3CCN(C)CC3)CC2)c(C)cc1Nc1ncc(Br)c(Nc2ccc3nccnc3c2NS(C)(=O)=O)n1. The van der Waals surface area contributed by atoms with Crippen molar-refractivity contribution < 1.29 is 13.2 Å². The van der Waals surface area contributed by atoms with Crippen LogP contribution in [0.2, 0.25) is 0 Å². The number of nitrogens with one attached hydrogen (secondary N) is 3. The first-order valence-electron chi connectivity index (χ1n) is 15.2. The highest BCUT2D eigenvalue weighted by Gasteiger charge is 2.27. The molecule has 2 aromatic carbocycles. The van der Waals surface area contributed by atoms with Gasteiger partial charge in [0.15, 0.2) is 0 Å². The molecule has 0 atom stereocenters. The standard InChI is InChI=1S/C31H39BrN10O3S/c1-20-17-25(27(45-3)18-26(20)42-15-13-41(14-16-42)21-7-11-40(2)12-8-21)37-31-35-19-22(32)30(38-31)36-24-6-5-23-28(34-10-9-33-23)29(24)39-46(4,43)44/h5-6,9-10,17-19,21,39H,7-8,11-16H2,1-4H3,(H2,35,36,37,38). The second-order valence-electron chi connectivity index (χ2n) is 11.8. The summed E-state index contributed by atoms with van der Waals surface area (Å²) in [5.41, 5.74) is 4.71. The molecular formula is C31H39BrN10O3S. The van der Waals surface area contributed by atoms with Crippen molar-refractivity contribution in [1.29, 1.82) is 0 Å². The number of hydrogen-bond acceptors (Lipinski definition) is 12. The van der Waals surface area contributed by atoms with Crippen LogP contribution in [0.4, 0.5) is 34.5 Å². The molecule has 4 aromatic rings.